The molecule has 4 heteroatoms. The Morgan fingerprint density at radius 3 is 2.58 bits per heavy atom. The van der Waals surface area contributed by atoms with E-state index in [1.54, 1.807) is 12.1 Å². The van der Waals surface area contributed by atoms with Crippen LogP contribution in [-0.4, -0.2) is 35.9 Å². The van der Waals surface area contributed by atoms with Crippen LogP contribution in [0.5, 0.6) is 0 Å². The van der Waals surface area contributed by atoms with Crippen molar-refractivity contribution in [2.45, 2.75) is 83.0 Å². The number of ether oxygens (including phenoxy) is 1. The minimum absolute atomic E-state index is 0.361. The summed E-state index contributed by atoms with van der Waals surface area (Å²) in [4.78, 5) is 11.0. The summed E-state index contributed by atoms with van der Waals surface area (Å²) in [6, 6.07) is 7.82. The molecule has 0 spiro atoms. The zero-order valence-corrected chi connectivity index (χ0v) is 16.0. The molecule has 2 fully saturated rings. The van der Waals surface area contributed by atoms with E-state index < -0.39 is 5.97 Å². The van der Waals surface area contributed by atoms with E-state index in [9.17, 15) is 4.79 Å². The molecule has 2 aliphatic heterocycles. The SMILES string of the molecule is CCCCCCCN[C@H]1[C@H](CCc2ccc(C(=O)O)cc2)[C@@H]2CC[C@H]1O2. The molecule has 0 aliphatic carbocycles. The fourth-order valence-corrected chi connectivity index (χ4v) is 4.57. The molecule has 2 aliphatic rings. The maximum atomic E-state index is 11.0. The van der Waals surface area contributed by atoms with Gasteiger partial charge in [0.2, 0.25) is 0 Å². The van der Waals surface area contributed by atoms with E-state index in [2.05, 4.69) is 12.2 Å². The molecule has 2 saturated heterocycles. The van der Waals surface area contributed by atoms with Crippen molar-refractivity contribution in [3.8, 4) is 0 Å². The summed E-state index contributed by atoms with van der Waals surface area (Å²) in [6.07, 6.45) is 11.9. The summed E-state index contributed by atoms with van der Waals surface area (Å²) in [5.74, 6) is -0.273. The van der Waals surface area contributed by atoms with Crippen LogP contribution in [0.25, 0.3) is 0 Å². The molecule has 1 aromatic rings. The predicted molar refractivity (Wildman–Crippen MR) is 104 cm³/mol. The van der Waals surface area contributed by atoms with Crippen LogP contribution in [0, 0.1) is 5.92 Å². The highest BCUT2D eigenvalue weighted by Gasteiger charge is 2.47. The first-order valence-corrected chi connectivity index (χ1v) is 10.4. The van der Waals surface area contributed by atoms with Gasteiger partial charge in [-0.2, -0.15) is 0 Å². The number of aromatic carboxylic acids is 1. The molecule has 0 radical (unpaired) electrons. The molecular weight excluding hydrogens is 326 g/mol. The Labute approximate surface area is 157 Å². The molecular formula is C22H33NO3. The number of hydrogen-bond donors (Lipinski definition) is 2. The van der Waals surface area contributed by atoms with Gasteiger partial charge in [0.05, 0.1) is 17.8 Å². The molecule has 0 aromatic heterocycles. The Bertz CT molecular complexity index is 571. The molecule has 4 atom stereocenters. The smallest absolute Gasteiger partial charge is 0.335 e. The first-order valence-electron chi connectivity index (χ1n) is 10.4. The number of carboxylic acid groups (broad SMARTS) is 1. The van der Waals surface area contributed by atoms with E-state index in [0.29, 0.717) is 29.7 Å². The van der Waals surface area contributed by atoms with E-state index >= 15 is 0 Å². The summed E-state index contributed by atoms with van der Waals surface area (Å²) in [7, 11) is 0. The molecule has 2 bridgehead atoms. The number of aryl methyl sites for hydroxylation is 1. The second-order valence-electron chi connectivity index (χ2n) is 7.89. The lowest BCUT2D eigenvalue weighted by Gasteiger charge is -2.29. The zero-order chi connectivity index (χ0) is 18.4. The van der Waals surface area contributed by atoms with E-state index in [1.165, 1.54) is 50.5 Å². The molecule has 0 amide bonds. The van der Waals surface area contributed by atoms with Crippen LogP contribution < -0.4 is 5.32 Å². The number of carbonyl (C=O) groups is 1. The number of unbranched alkanes of at least 4 members (excludes halogenated alkanes) is 4. The highest BCUT2D eigenvalue weighted by Crippen LogP contribution is 2.41. The van der Waals surface area contributed by atoms with E-state index in [4.69, 9.17) is 9.84 Å². The summed E-state index contributed by atoms with van der Waals surface area (Å²) in [5, 5.41) is 12.8. The molecule has 4 nitrogen and oxygen atoms in total. The van der Waals surface area contributed by atoms with Crippen molar-refractivity contribution in [1.82, 2.24) is 5.32 Å². The van der Waals surface area contributed by atoms with Crippen molar-refractivity contribution >= 4 is 5.97 Å². The van der Waals surface area contributed by atoms with Gasteiger partial charge in [0.15, 0.2) is 0 Å². The first-order chi connectivity index (χ1) is 12.7. The quantitative estimate of drug-likeness (QED) is 0.574. The van der Waals surface area contributed by atoms with Crippen LogP contribution in [-0.2, 0) is 11.2 Å². The fraction of sp³-hybridized carbons (Fsp3) is 0.682. The highest BCUT2D eigenvalue weighted by atomic mass is 16.5. The van der Waals surface area contributed by atoms with Gasteiger partial charge in [-0.15, -0.1) is 0 Å². The third-order valence-electron chi connectivity index (χ3n) is 6.05. The molecule has 2 heterocycles. The number of fused-ring (bicyclic) bond motifs is 2. The summed E-state index contributed by atoms with van der Waals surface area (Å²) >= 11 is 0. The van der Waals surface area contributed by atoms with E-state index in [1.807, 2.05) is 12.1 Å². The Morgan fingerprint density at radius 1 is 1.12 bits per heavy atom. The third-order valence-corrected chi connectivity index (χ3v) is 6.05. The van der Waals surface area contributed by atoms with Gasteiger partial charge in [0.1, 0.15) is 0 Å². The third kappa shape index (κ3) is 4.86. The Hall–Kier alpha value is -1.39. The van der Waals surface area contributed by atoms with Crippen LogP contribution in [0.3, 0.4) is 0 Å². The van der Waals surface area contributed by atoms with Gasteiger partial charge in [0.25, 0.3) is 0 Å². The van der Waals surface area contributed by atoms with Crippen molar-refractivity contribution in [3.05, 3.63) is 35.4 Å². The number of rotatable bonds is 11. The number of hydrogen-bond acceptors (Lipinski definition) is 3. The van der Waals surface area contributed by atoms with Crippen LogP contribution in [0.15, 0.2) is 24.3 Å². The van der Waals surface area contributed by atoms with Crippen LogP contribution in [0.2, 0.25) is 0 Å². The monoisotopic (exact) mass is 359 g/mol. The normalized spacial score (nSPS) is 27.1. The predicted octanol–water partition coefficient (Wildman–Crippen LogP) is 4.42. The van der Waals surface area contributed by atoms with Gasteiger partial charge >= 0.3 is 5.97 Å². The second kappa shape index (κ2) is 9.52. The fourth-order valence-electron chi connectivity index (χ4n) is 4.57. The van der Waals surface area contributed by atoms with Gasteiger partial charge in [0, 0.05) is 12.0 Å². The van der Waals surface area contributed by atoms with Crippen molar-refractivity contribution in [2.24, 2.45) is 5.92 Å². The van der Waals surface area contributed by atoms with E-state index in [-0.39, 0.29) is 0 Å². The average molecular weight is 360 g/mol. The molecule has 2 N–H and O–H groups in total. The Morgan fingerprint density at radius 2 is 1.85 bits per heavy atom. The molecule has 0 unspecified atom stereocenters. The minimum Gasteiger partial charge on any atom is -0.478 e. The Balaban J connectivity index is 1.46. The van der Waals surface area contributed by atoms with Crippen LogP contribution in [0.4, 0.5) is 0 Å². The van der Waals surface area contributed by atoms with Crippen molar-refractivity contribution in [1.29, 1.82) is 0 Å². The lowest BCUT2D eigenvalue weighted by Crippen LogP contribution is -2.44. The minimum atomic E-state index is -0.860. The maximum absolute atomic E-state index is 11.0. The van der Waals surface area contributed by atoms with Crippen LogP contribution >= 0.6 is 0 Å². The van der Waals surface area contributed by atoms with Gasteiger partial charge in [-0.05, 0) is 56.3 Å². The van der Waals surface area contributed by atoms with E-state index in [0.717, 1.165) is 19.4 Å². The lowest BCUT2D eigenvalue weighted by molar-refractivity contribution is 0.0697. The summed E-state index contributed by atoms with van der Waals surface area (Å²) in [6.45, 7) is 3.36. The molecule has 1 aromatic carbocycles. The summed E-state index contributed by atoms with van der Waals surface area (Å²) < 4.78 is 6.19. The average Bonchev–Trinajstić information content (AvgIpc) is 3.25. The second-order valence-corrected chi connectivity index (χ2v) is 7.89. The van der Waals surface area contributed by atoms with Gasteiger partial charge in [-0.25, -0.2) is 4.79 Å². The van der Waals surface area contributed by atoms with Crippen molar-refractivity contribution < 1.29 is 14.6 Å². The van der Waals surface area contributed by atoms with Crippen molar-refractivity contribution in [3.63, 3.8) is 0 Å². The number of benzene rings is 1. The number of carboxylic acids is 1. The van der Waals surface area contributed by atoms with Gasteiger partial charge in [-0.3, -0.25) is 0 Å². The van der Waals surface area contributed by atoms with Crippen molar-refractivity contribution in [2.75, 3.05) is 6.54 Å². The Kier molecular flexibility index (Phi) is 7.09. The highest BCUT2D eigenvalue weighted by molar-refractivity contribution is 5.87. The first kappa shape index (κ1) is 19.4. The standard InChI is InChI=1S/C22H33NO3/c1-2-3-4-5-6-15-23-21-18(19-13-14-20(21)26-19)12-9-16-7-10-17(11-8-16)22(24)25/h7-8,10-11,18-21,23H,2-6,9,12-15H2,1H3,(H,24,25)/t18-,19+,20-,21+/m1/s1. The van der Waals surface area contributed by atoms with Gasteiger partial charge in [-0.1, -0.05) is 44.7 Å². The van der Waals surface area contributed by atoms with Crippen LogP contribution in [0.1, 0.15) is 74.2 Å². The molecule has 0 saturated carbocycles. The number of nitrogens with one attached hydrogen (secondary N) is 1. The maximum Gasteiger partial charge on any atom is 0.335 e. The molecule has 144 valence electrons. The summed E-state index contributed by atoms with van der Waals surface area (Å²) in [5.41, 5.74) is 1.58. The lowest BCUT2D eigenvalue weighted by atomic mass is 9.81. The molecule has 26 heavy (non-hydrogen) atoms. The topological polar surface area (TPSA) is 58.6 Å². The van der Waals surface area contributed by atoms with Gasteiger partial charge < -0.3 is 15.2 Å². The molecule has 3 rings (SSSR count). The zero-order valence-electron chi connectivity index (χ0n) is 16.0. The largest absolute Gasteiger partial charge is 0.478 e.